The summed E-state index contributed by atoms with van der Waals surface area (Å²) >= 11 is 1.58. The number of hydrogen-bond acceptors (Lipinski definition) is 5. The lowest BCUT2D eigenvalue weighted by atomic mass is 9.97. The number of rotatable bonds is 8. The second-order valence-corrected chi connectivity index (χ2v) is 9.89. The van der Waals surface area contributed by atoms with Crippen molar-refractivity contribution >= 4 is 17.2 Å². The third-order valence-corrected chi connectivity index (χ3v) is 7.44. The van der Waals surface area contributed by atoms with Crippen molar-refractivity contribution in [3.05, 3.63) is 82.5 Å². The van der Waals surface area contributed by atoms with Crippen LogP contribution in [0.15, 0.2) is 64.2 Å². The maximum absolute atomic E-state index is 13.2. The summed E-state index contributed by atoms with van der Waals surface area (Å²) in [4.78, 5) is 22.5. The number of aryl methyl sites for hydroxylation is 1. The van der Waals surface area contributed by atoms with Gasteiger partial charge in [-0.1, -0.05) is 11.6 Å². The van der Waals surface area contributed by atoms with E-state index in [2.05, 4.69) is 20.9 Å². The minimum Gasteiger partial charge on any atom is -0.467 e. The van der Waals surface area contributed by atoms with Crippen molar-refractivity contribution in [1.82, 2.24) is 19.9 Å². The number of aromatic nitrogens is 3. The van der Waals surface area contributed by atoms with Gasteiger partial charge in [0.1, 0.15) is 10.8 Å². The third kappa shape index (κ3) is 5.30. The molecule has 4 aromatic heterocycles. The molecule has 1 aliphatic rings. The molecule has 1 amide bonds. The maximum Gasteiger partial charge on any atom is 0.253 e. The van der Waals surface area contributed by atoms with Crippen molar-refractivity contribution in [2.45, 2.75) is 52.5 Å². The Morgan fingerprint density at radius 2 is 2.14 bits per heavy atom. The molecule has 0 radical (unpaired) electrons. The molecule has 6 nitrogen and oxygen atoms in total. The van der Waals surface area contributed by atoms with Gasteiger partial charge < -0.3 is 14.3 Å². The zero-order valence-corrected chi connectivity index (χ0v) is 21.0. The molecule has 0 spiro atoms. The van der Waals surface area contributed by atoms with E-state index in [1.165, 1.54) is 18.4 Å². The van der Waals surface area contributed by atoms with Crippen LogP contribution in [0.2, 0.25) is 0 Å². The smallest absolute Gasteiger partial charge is 0.253 e. The highest BCUT2D eigenvalue weighted by Crippen LogP contribution is 2.32. The molecule has 0 bridgehead atoms. The van der Waals surface area contributed by atoms with E-state index in [4.69, 9.17) is 9.40 Å². The number of furan rings is 1. The number of carbonyl (C=O) groups excluding carboxylic acids is 1. The van der Waals surface area contributed by atoms with Crippen LogP contribution in [0.4, 0.5) is 0 Å². The Labute approximate surface area is 209 Å². The lowest BCUT2D eigenvalue weighted by Gasteiger charge is -2.13. The average molecular weight is 487 g/mol. The van der Waals surface area contributed by atoms with Crippen LogP contribution >= 0.6 is 11.3 Å². The highest BCUT2D eigenvalue weighted by molar-refractivity contribution is 7.13. The van der Waals surface area contributed by atoms with Gasteiger partial charge in [0, 0.05) is 35.1 Å². The first kappa shape index (κ1) is 23.3. The number of carbonyl (C=O) groups is 1. The van der Waals surface area contributed by atoms with E-state index in [1.807, 2.05) is 55.8 Å². The zero-order chi connectivity index (χ0) is 24.2. The fraction of sp³-hybridized carbons (Fsp3) is 0.321. The molecule has 4 heterocycles. The summed E-state index contributed by atoms with van der Waals surface area (Å²) in [5.74, 6) is 0.788. The van der Waals surface area contributed by atoms with Gasteiger partial charge in [-0.05, 0) is 76.3 Å². The van der Waals surface area contributed by atoms with Crippen molar-refractivity contribution in [1.29, 1.82) is 0 Å². The predicted molar refractivity (Wildman–Crippen MR) is 140 cm³/mol. The van der Waals surface area contributed by atoms with Gasteiger partial charge in [-0.25, -0.2) is 4.98 Å². The molecule has 0 unspecified atom stereocenters. The number of hydrogen-bond donors (Lipinski definition) is 1. The molecule has 1 N–H and O–H groups in total. The van der Waals surface area contributed by atoms with Crippen LogP contribution in [-0.2, 0) is 6.54 Å². The van der Waals surface area contributed by atoms with Crippen molar-refractivity contribution < 1.29 is 9.21 Å². The lowest BCUT2D eigenvalue weighted by Crippen LogP contribution is -2.25. The number of allylic oxidation sites excluding steroid dienone is 1. The van der Waals surface area contributed by atoms with Gasteiger partial charge in [0.25, 0.3) is 5.91 Å². The molecular weight excluding hydrogens is 456 g/mol. The van der Waals surface area contributed by atoms with Crippen molar-refractivity contribution in [2.75, 3.05) is 6.54 Å². The summed E-state index contributed by atoms with van der Waals surface area (Å²) in [6.45, 7) is 5.15. The highest BCUT2D eigenvalue weighted by Gasteiger charge is 2.21. The molecule has 4 aromatic rings. The summed E-state index contributed by atoms with van der Waals surface area (Å²) in [5, 5.41) is 6.08. The van der Waals surface area contributed by atoms with Crippen LogP contribution in [0.25, 0.3) is 22.0 Å². The summed E-state index contributed by atoms with van der Waals surface area (Å²) in [6.07, 6.45) is 11.6. The third-order valence-electron chi connectivity index (χ3n) is 6.55. The molecule has 5 rings (SSSR count). The standard InChI is InChI=1S/C28H30N4O2S/c1-19-10-11-22(16-30-19)28-31-25(18-35-28)26-15-24(20(2)32(26)17-23-9-6-14-34-23)27(33)29-13-12-21-7-4-3-5-8-21/h6-7,9-11,14-16,18H,3-5,8,12-13,17H2,1-2H3,(H,29,33). The second-order valence-electron chi connectivity index (χ2n) is 9.03. The molecule has 0 fully saturated rings. The highest BCUT2D eigenvalue weighted by atomic mass is 32.1. The van der Waals surface area contributed by atoms with Gasteiger partial charge in [0.2, 0.25) is 0 Å². The van der Waals surface area contributed by atoms with Crippen molar-refractivity contribution in [3.63, 3.8) is 0 Å². The summed E-state index contributed by atoms with van der Waals surface area (Å²) in [6, 6.07) is 9.82. The number of thiazole rings is 1. The van der Waals surface area contributed by atoms with E-state index < -0.39 is 0 Å². The monoisotopic (exact) mass is 486 g/mol. The zero-order valence-electron chi connectivity index (χ0n) is 20.2. The van der Waals surface area contributed by atoms with E-state index in [9.17, 15) is 4.79 Å². The second kappa shape index (κ2) is 10.4. The number of pyridine rings is 1. The first-order valence-corrected chi connectivity index (χ1v) is 13.0. The van der Waals surface area contributed by atoms with Gasteiger partial charge in [0.05, 0.1) is 29.8 Å². The summed E-state index contributed by atoms with van der Waals surface area (Å²) in [7, 11) is 0. The number of nitrogens with one attached hydrogen (secondary N) is 1. The van der Waals surface area contributed by atoms with Gasteiger partial charge in [0.15, 0.2) is 0 Å². The SMILES string of the molecule is Cc1ccc(-c2nc(-c3cc(C(=O)NCCC4=CCCCC4)c(C)n3Cc3ccco3)cs2)cn1. The fourth-order valence-electron chi connectivity index (χ4n) is 4.53. The topological polar surface area (TPSA) is 73.0 Å². The first-order valence-electron chi connectivity index (χ1n) is 12.2. The normalized spacial score (nSPS) is 13.6. The van der Waals surface area contributed by atoms with Gasteiger partial charge in [-0.3, -0.25) is 9.78 Å². The Bertz CT molecular complexity index is 1330. The Kier molecular flexibility index (Phi) is 6.95. The number of nitrogens with zero attached hydrogens (tertiary/aromatic N) is 3. The minimum atomic E-state index is -0.0449. The largest absolute Gasteiger partial charge is 0.467 e. The molecule has 0 aliphatic heterocycles. The molecule has 0 saturated heterocycles. The molecule has 0 saturated carbocycles. The van der Waals surface area contributed by atoms with Crippen LogP contribution in [0.3, 0.4) is 0 Å². The predicted octanol–water partition coefficient (Wildman–Crippen LogP) is 6.55. The van der Waals surface area contributed by atoms with Crippen LogP contribution in [0.1, 0.15) is 59.6 Å². The van der Waals surface area contributed by atoms with Crippen LogP contribution in [-0.4, -0.2) is 27.0 Å². The average Bonchev–Trinajstić information content (AvgIpc) is 3.62. The summed E-state index contributed by atoms with van der Waals surface area (Å²) < 4.78 is 7.73. The first-order chi connectivity index (χ1) is 17.1. The molecule has 0 aromatic carbocycles. The summed E-state index contributed by atoms with van der Waals surface area (Å²) in [5.41, 5.74) is 6.75. The van der Waals surface area contributed by atoms with E-state index in [1.54, 1.807) is 17.6 Å². The number of amides is 1. The molecule has 35 heavy (non-hydrogen) atoms. The van der Waals surface area contributed by atoms with Crippen LogP contribution < -0.4 is 5.32 Å². The molecule has 1 aliphatic carbocycles. The lowest BCUT2D eigenvalue weighted by molar-refractivity contribution is 0.0953. The van der Waals surface area contributed by atoms with E-state index >= 15 is 0 Å². The van der Waals surface area contributed by atoms with Gasteiger partial charge in [-0.15, -0.1) is 11.3 Å². The Balaban J connectivity index is 1.41. The van der Waals surface area contributed by atoms with Gasteiger partial charge in [-0.2, -0.15) is 0 Å². The van der Waals surface area contributed by atoms with E-state index in [0.717, 1.165) is 58.4 Å². The van der Waals surface area contributed by atoms with Crippen LogP contribution in [0, 0.1) is 13.8 Å². The molecule has 0 atom stereocenters. The van der Waals surface area contributed by atoms with E-state index in [-0.39, 0.29) is 5.91 Å². The Morgan fingerprint density at radius 3 is 2.89 bits per heavy atom. The maximum atomic E-state index is 13.2. The van der Waals surface area contributed by atoms with Crippen LogP contribution in [0.5, 0.6) is 0 Å². The Hall–Kier alpha value is -3.45. The molecule has 180 valence electrons. The molecular formula is C28H30N4O2S. The molecule has 7 heteroatoms. The minimum absolute atomic E-state index is 0.0449. The van der Waals surface area contributed by atoms with Gasteiger partial charge >= 0.3 is 0 Å². The quantitative estimate of drug-likeness (QED) is 0.287. The fourth-order valence-corrected chi connectivity index (χ4v) is 5.34. The Morgan fingerprint density at radius 1 is 1.23 bits per heavy atom. The van der Waals surface area contributed by atoms with Crippen molar-refractivity contribution in [3.8, 4) is 22.0 Å². The van der Waals surface area contributed by atoms with E-state index in [0.29, 0.717) is 18.7 Å². The van der Waals surface area contributed by atoms with Crippen molar-refractivity contribution in [2.24, 2.45) is 0 Å².